The normalized spacial score (nSPS) is 29.2. The molecule has 4 heterocycles. The minimum Gasteiger partial charge on any atom is -0.668 e. The van der Waals surface area contributed by atoms with Gasteiger partial charge in [0.25, 0.3) is 0 Å². The van der Waals surface area contributed by atoms with Crippen LogP contribution in [0.5, 0.6) is 11.5 Å². The molecule has 711 valence electrons. The van der Waals surface area contributed by atoms with E-state index in [9.17, 15) is 11.8 Å². The molecule has 0 bridgehead atoms. The Bertz CT molecular complexity index is 4660. The van der Waals surface area contributed by atoms with Crippen molar-refractivity contribution in [1.82, 2.24) is 9.97 Å². The van der Waals surface area contributed by atoms with Crippen molar-refractivity contribution in [3.8, 4) is 17.6 Å². The second-order valence-electron chi connectivity index (χ2n) is 50.2. The number of allylic oxidation sites excluding steroid dienone is 4. The Labute approximate surface area is 799 Å². The Kier molecular flexibility index (Phi) is 34.2. The number of hydrogen-bond acceptors (Lipinski definition) is 5. The van der Waals surface area contributed by atoms with Gasteiger partial charge in [-0.05, 0) is 313 Å². The molecule has 9 heteroatoms. The molecule has 8 saturated carbocycles. The predicted octanol–water partition coefficient (Wildman–Crippen LogP) is 34.7. The third-order valence-corrected chi connectivity index (χ3v) is 34.8. The number of aliphatic imine (C=N–C) groups is 2. The predicted molar refractivity (Wildman–Crippen MR) is 543 cm³/mol. The largest absolute Gasteiger partial charge is 2.00 e. The van der Waals surface area contributed by atoms with Crippen LogP contribution in [0.2, 0.25) is 0 Å². The molecule has 0 saturated heterocycles. The number of ether oxygens (including phenoxy) is 2. The third-order valence-electron chi connectivity index (χ3n) is 34.8. The summed E-state index contributed by atoms with van der Waals surface area (Å²) < 4.78 is 15.7. The van der Waals surface area contributed by atoms with Crippen LogP contribution in [0.4, 0.5) is 5.69 Å². The molecular weight excluding hydrogens is 1620 g/mol. The molecule has 2 aromatic heterocycles. The van der Waals surface area contributed by atoms with Gasteiger partial charge in [0.1, 0.15) is 40.5 Å². The number of aromatic nitrogens is 2. The summed E-state index contributed by atoms with van der Waals surface area (Å²) in [5.41, 5.74) is 20.5. The van der Waals surface area contributed by atoms with E-state index in [0.29, 0.717) is 118 Å². The molecule has 2 aliphatic heterocycles. The molecule has 8 fully saturated rings. The van der Waals surface area contributed by atoms with Crippen molar-refractivity contribution in [1.29, 1.82) is 5.26 Å². The minimum atomic E-state index is -0.0693. The first-order chi connectivity index (χ1) is 60.6. The van der Waals surface area contributed by atoms with Gasteiger partial charge in [-0.15, -0.1) is 0 Å². The zero-order valence-corrected chi connectivity index (χ0v) is 88.0. The van der Waals surface area contributed by atoms with Gasteiger partial charge in [0, 0.05) is 23.1 Å². The summed E-state index contributed by atoms with van der Waals surface area (Å²) in [6.07, 6.45) is 41.9. The second kappa shape index (κ2) is 43.2. The van der Waals surface area contributed by atoms with E-state index in [4.69, 9.17) is 29.4 Å². The Balaban J connectivity index is 0.000000232. The average Bonchev–Trinajstić information content (AvgIpc) is 1.59. The van der Waals surface area contributed by atoms with E-state index in [0.717, 1.165) is 94.1 Å². The van der Waals surface area contributed by atoms with Gasteiger partial charge >= 0.3 is 16.8 Å². The number of rotatable bonds is 22. The summed E-state index contributed by atoms with van der Waals surface area (Å²) in [6, 6.07) is 19.6. The van der Waals surface area contributed by atoms with Gasteiger partial charge in [-0.3, -0.25) is 0 Å². The van der Waals surface area contributed by atoms with Crippen molar-refractivity contribution in [2.24, 2.45) is 128 Å². The number of hydrogen-bond donors (Lipinski definition) is 0. The molecule has 14 rings (SSSR count). The number of nitrogens with zero attached hydrogens (tertiary/aromatic N) is 6. The maximum Gasteiger partial charge on any atom is 2.00 e. The van der Waals surface area contributed by atoms with Crippen LogP contribution < -0.4 is 19.4 Å². The van der Waals surface area contributed by atoms with Crippen LogP contribution in [0.25, 0.3) is 16.4 Å². The molecule has 10 aliphatic rings. The number of benzene rings is 2. The maximum atomic E-state index is 11.7. The van der Waals surface area contributed by atoms with Crippen LogP contribution >= 0.6 is 0 Å². The molecule has 16 atom stereocenters. The number of nitriles is 1. The smallest absolute Gasteiger partial charge is 0.668 e. The van der Waals surface area contributed by atoms with Crippen molar-refractivity contribution >= 4 is 28.6 Å². The molecule has 0 amide bonds. The molecule has 4 aromatic rings. The first-order valence-electron chi connectivity index (χ1n) is 53.6. The van der Waals surface area contributed by atoms with Crippen LogP contribution in [0.1, 0.15) is 479 Å². The van der Waals surface area contributed by atoms with Crippen LogP contribution in [-0.4, -0.2) is 11.4 Å². The summed E-state index contributed by atoms with van der Waals surface area (Å²) >= 11 is 0. The molecule has 129 heavy (non-hydrogen) atoms. The Morgan fingerprint density at radius 3 is 1.12 bits per heavy atom. The van der Waals surface area contributed by atoms with Gasteiger partial charge in [0.2, 0.25) is 0 Å². The Morgan fingerprint density at radius 1 is 0.372 bits per heavy atom. The summed E-state index contributed by atoms with van der Waals surface area (Å²) in [5, 5.41) is 11.7. The van der Waals surface area contributed by atoms with Crippen molar-refractivity contribution in [2.45, 2.75) is 445 Å². The zero-order chi connectivity index (χ0) is 92.5. The minimum absolute atomic E-state index is 0. The van der Waals surface area contributed by atoms with Gasteiger partial charge < -0.3 is 19.4 Å². The molecule has 16 unspecified atom stereocenters. The van der Waals surface area contributed by atoms with Crippen LogP contribution in [-0.2, 0) is 38.4 Å². The van der Waals surface area contributed by atoms with Gasteiger partial charge in [-0.2, -0.15) is 16.6 Å². The summed E-state index contributed by atoms with van der Waals surface area (Å²) in [6.45, 7) is 76.0. The second-order valence-corrected chi connectivity index (χ2v) is 50.2. The fourth-order valence-corrected chi connectivity index (χ4v) is 27.3. The first kappa shape index (κ1) is 102. The van der Waals surface area contributed by atoms with E-state index >= 15 is 0 Å². The van der Waals surface area contributed by atoms with E-state index in [1.54, 1.807) is 0 Å². The van der Waals surface area contributed by atoms with E-state index in [1.807, 2.05) is 0 Å². The molecule has 8 aliphatic carbocycles. The topological polar surface area (TPSA) is 99.5 Å². The van der Waals surface area contributed by atoms with E-state index in [-0.39, 0.29) is 62.1 Å². The SMILES string of the molecule is CC(C)C1CCCCC1C1=N/C(=C(/Oc2cc(C(C)(C)C)cc(C(C)(C)C)c2)c2[n-]c(C3CCCCC3C(C)C)cc2C2CCCCC2C(C)C)C(C2CCCCC2C(C)C)=C1C#N.[C-]#[N+]c1c(C2CCCCC2C(C)C)[n-]c(/C(Oc2cc(C(C)(C)C)cc(C(C)(C)C)c2)=C2\N=C(C3CCCCC3C(C)C)C=C2C2CCCCC2C(C)C)c1C1CCCCC1C(C)C.[Co+2]. The monoisotopic (exact) mass is 1800 g/mol. The molecule has 0 spiro atoms. The molecule has 1 radical (unpaired) electrons. The Morgan fingerprint density at radius 2 is 0.698 bits per heavy atom. The molecular formula is C120H180CoN6O2. The van der Waals surface area contributed by atoms with Crippen molar-refractivity contribution in [3.63, 3.8) is 0 Å². The van der Waals surface area contributed by atoms with Crippen molar-refractivity contribution < 1.29 is 26.3 Å². The summed E-state index contributed by atoms with van der Waals surface area (Å²) in [7, 11) is 0. The van der Waals surface area contributed by atoms with Crippen molar-refractivity contribution in [3.05, 3.63) is 144 Å². The third kappa shape index (κ3) is 22.9. The Hall–Kier alpha value is -5.61. The average molecular weight is 1800 g/mol. The zero-order valence-electron chi connectivity index (χ0n) is 86.9. The van der Waals surface area contributed by atoms with Gasteiger partial charge in [0.15, 0.2) is 5.69 Å². The van der Waals surface area contributed by atoms with Crippen LogP contribution in [0, 0.1) is 136 Å². The molecule has 8 nitrogen and oxygen atoms in total. The standard InChI is InChI=1S/2C60H90N3O.Co/c1-36(2)43-24-16-20-28-47(43)51-35-52(48-29-21-17-25-44(48)37(3)4)62-55(51)58(64-42-33-40(59(9,10)11)32-41(34-42)60(12,13)14)57-53(49-30-22-18-26-45(49)38(5)6)56(61-15)54(63-57)50-31-23-19-27-46(50)39(7)8;1-36(2)43-23-15-19-27-47(43)51-34-53(48-28-20-16-24-44(48)37(3)4)62-56(51)58(64-42-32-40(59(9,10)11)31-41(33-42)60(12,13)14)57-54(49-29-21-17-25-45(49)38(5)6)52(35-61)55(63-57)50-30-22-18-26-46(50)39(7)8;/h32-39,43-50H,16-31H2,1-14H3;31-34,36-39,43-50H,15-30H2,1-14H3;/q2*-1;+2/b58-55+;58-57+;. The van der Waals surface area contributed by atoms with Gasteiger partial charge in [-0.25, -0.2) is 14.8 Å². The summed E-state index contributed by atoms with van der Waals surface area (Å²) in [4.78, 5) is 28.7. The first-order valence-corrected chi connectivity index (χ1v) is 53.6. The van der Waals surface area contributed by atoms with Gasteiger partial charge in [-0.1, -0.05) is 337 Å². The van der Waals surface area contributed by atoms with Crippen LogP contribution in [0.15, 0.2) is 86.6 Å². The molecule has 2 aromatic carbocycles. The van der Waals surface area contributed by atoms with Crippen LogP contribution in [0.3, 0.4) is 0 Å². The summed E-state index contributed by atoms with van der Waals surface area (Å²) in [5.74, 6) is 15.1. The fraction of sp³-hybridized carbons (Fsp3) is 0.733. The van der Waals surface area contributed by atoms with Gasteiger partial charge in [0.05, 0.1) is 17.9 Å². The van der Waals surface area contributed by atoms with E-state index in [2.05, 4.69) is 253 Å². The maximum absolute atomic E-state index is 11.7. The van der Waals surface area contributed by atoms with E-state index in [1.165, 1.54) is 236 Å². The fourth-order valence-electron chi connectivity index (χ4n) is 27.3. The van der Waals surface area contributed by atoms with E-state index < -0.39 is 0 Å². The van der Waals surface area contributed by atoms with Crippen molar-refractivity contribution in [2.75, 3.05) is 0 Å². The molecule has 0 N–H and O–H groups in total. The quantitative estimate of drug-likeness (QED) is 0.0576.